The minimum absolute atomic E-state index is 0.298. The molecule has 138 valence electrons. The van der Waals surface area contributed by atoms with E-state index < -0.39 is 0 Å². The molecule has 0 unspecified atom stereocenters. The van der Waals surface area contributed by atoms with Crippen molar-refractivity contribution < 1.29 is 9.47 Å². The lowest BCUT2D eigenvalue weighted by molar-refractivity contribution is 0.174. The molecule has 1 saturated heterocycles. The molecule has 0 aliphatic carbocycles. The molecular weight excluding hydrogens is 390 g/mol. The third-order valence-electron chi connectivity index (χ3n) is 4.55. The van der Waals surface area contributed by atoms with Gasteiger partial charge in [-0.15, -0.1) is 11.3 Å². The van der Waals surface area contributed by atoms with Crippen molar-refractivity contribution in [1.29, 1.82) is 0 Å². The zero-order chi connectivity index (χ0) is 17.9. The van der Waals surface area contributed by atoms with Gasteiger partial charge in [-0.25, -0.2) is 0 Å². The summed E-state index contributed by atoms with van der Waals surface area (Å²) >= 11 is 13.2. The fourth-order valence-corrected chi connectivity index (χ4v) is 4.49. The van der Waals surface area contributed by atoms with Crippen LogP contribution in [0.3, 0.4) is 0 Å². The van der Waals surface area contributed by atoms with E-state index in [9.17, 15) is 0 Å². The number of hydrogen-bond acceptors (Lipinski definition) is 5. The van der Waals surface area contributed by atoms with E-state index in [0.717, 1.165) is 59.2 Å². The summed E-state index contributed by atoms with van der Waals surface area (Å²) < 4.78 is 11.6. The first-order valence-corrected chi connectivity index (χ1v) is 10.2. The zero-order valence-electron chi connectivity index (χ0n) is 14.2. The lowest BCUT2D eigenvalue weighted by Crippen LogP contribution is -2.51. The summed E-state index contributed by atoms with van der Waals surface area (Å²) in [5, 5.41) is 4.16. The number of thiocarbonyl (C=S) groups is 1. The van der Waals surface area contributed by atoms with Gasteiger partial charge in [0.25, 0.3) is 0 Å². The van der Waals surface area contributed by atoms with Crippen molar-refractivity contribution in [2.45, 2.75) is 13.1 Å². The number of benzene rings is 1. The maximum atomic E-state index is 6.01. The normalized spacial score (nSPS) is 16.7. The van der Waals surface area contributed by atoms with Gasteiger partial charge < -0.3 is 19.7 Å². The van der Waals surface area contributed by atoms with Crippen molar-refractivity contribution in [3.05, 3.63) is 45.1 Å². The van der Waals surface area contributed by atoms with E-state index >= 15 is 0 Å². The van der Waals surface area contributed by atoms with E-state index in [-0.39, 0.29) is 0 Å². The number of rotatable bonds is 4. The van der Waals surface area contributed by atoms with Crippen LogP contribution in [0.15, 0.2) is 30.3 Å². The maximum Gasteiger partial charge on any atom is 0.231 e. The number of thiophene rings is 1. The summed E-state index contributed by atoms with van der Waals surface area (Å²) in [6.45, 7) is 5.82. The smallest absolute Gasteiger partial charge is 0.231 e. The van der Waals surface area contributed by atoms with Crippen LogP contribution in [-0.2, 0) is 13.1 Å². The topological polar surface area (TPSA) is 37.0 Å². The average Bonchev–Trinajstić information content (AvgIpc) is 3.28. The standard InChI is InChI=1S/C18H20ClN3O2S2/c19-17-4-2-14(26-17)11-21-5-7-22(8-6-21)18(25)20-10-13-1-3-15-16(9-13)24-12-23-15/h1-4,9H,5-8,10-12H2,(H,20,25). The lowest BCUT2D eigenvalue weighted by atomic mass is 10.2. The summed E-state index contributed by atoms with van der Waals surface area (Å²) in [5.74, 6) is 1.61. The van der Waals surface area contributed by atoms with Crippen LogP contribution in [0, 0.1) is 0 Å². The van der Waals surface area contributed by atoms with Crippen molar-refractivity contribution in [3.63, 3.8) is 0 Å². The summed E-state index contributed by atoms with van der Waals surface area (Å²) in [5.41, 5.74) is 1.13. The summed E-state index contributed by atoms with van der Waals surface area (Å²) in [6, 6.07) is 10.1. The number of ether oxygens (including phenoxy) is 2. The fourth-order valence-electron chi connectivity index (χ4n) is 3.11. The second kappa shape index (κ2) is 8.00. The first-order valence-electron chi connectivity index (χ1n) is 8.55. The molecule has 1 aromatic heterocycles. The highest BCUT2D eigenvalue weighted by Gasteiger charge is 2.19. The van der Waals surface area contributed by atoms with E-state index in [1.165, 1.54) is 4.88 Å². The number of hydrogen-bond donors (Lipinski definition) is 1. The second-order valence-corrected chi connectivity index (χ2v) is 8.50. The Labute approximate surface area is 167 Å². The number of halogens is 1. The van der Waals surface area contributed by atoms with Crippen molar-refractivity contribution in [1.82, 2.24) is 15.1 Å². The summed E-state index contributed by atoms with van der Waals surface area (Å²) in [4.78, 5) is 5.99. The van der Waals surface area contributed by atoms with Gasteiger partial charge in [0, 0.05) is 44.1 Å². The fraction of sp³-hybridized carbons (Fsp3) is 0.389. The molecule has 2 aromatic rings. The van der Waals surface area contributed by atoms with Gasteiger partial charge >= 0.3 is 0 Å². The molecule has 0 radical (unpaired) electrons. The highest BCUT2D eigenvalue weighted by Crippen LogP contribution is 2.32. The Morgan fingerprint density at radius 1 is 1.12 bits per heavy atom. The van der Waals surface area contributed by atoms with Crippen LogP contribution < -0.4 is 14.8 Å². The van der Waals surface area contributed by atoms with Gasteiger partial charge in [0.05, 0.1) is 4.34 Å². The maximum absolute atomic E-state index is 6.01. The van der Waals surface area contributed by atoms with E-state index in [1.54, 1.807) is 11.3 Å². The summed E-state index contributed by atoms with van der Waals surface area (Å²) in [6.07, 6.45) is 0. The average molecular weight is 410 g/mol. The molecule has 4 rings (SSSR count). The molecule has 2 aliphatic heterocycles. The highest BCUT2D eigenvalue weighted by molar-refractivity contribution is 7.80. The minimum atomic E-state index is 0.298. The van der Waals surface area contributed by atoms with Crippen molar-refractivity contribution >= 4 is 40.3 Å². The molecule has 8 heteroatoms. The van der Waals surface area contributed by atoms with Gasteiger partial charge in [-0.2, -0.15) is 0 Å². The largest absolute Gasteiger partial charge is 0.454 e. The van der Waals surface area contributed by atoms with Crippen molar-refractivity contribution in [2.24, 2.45) is 0 Å². The Hall–Kier alpha value is -1.54. The molecule has 5 nitrogen and oxygen atoms in total. The van der Waals surface area contributed by atoms with Crippen molar-refractivity contribution in [3.8, 4) is 11.5 Å². The molecule has 26 heavy (non-hydrogen) atoms. The number of nitrogens with zero attached hydrogens (tertiary/aromatic N) is 2. The number of nitrogens with one attached hydrogen (secondary N) is 1. The third kappa shape index (κ3) is 4.23. The lowest BCUT2D eigenvalue weighted by Gasteiger charge is -2.36. The van der Waals surface area contributed by atoms with Crippen LogP contribution in [0.4, 0.5) is 0 Å². The van der Waals surface area contributed by atoms with Gasteiger partial charge in [0.2, 0.25) is 6.79 Å². The van der Waals surface area contributed by atoms with Gasteiger partial charge in [-0.1, -0.05) is 17.7 Å². The number of piperazine rings is 1. The van der Waals surface area contributed by atoms with Crippen LogP contribution in [0.25, 0.3) is 0 Å². The van der Waals surface area contributed by atoms with E-state index in [2.05, 4.69) is 21.2 Å². The Kier molecular flexibility index (Phi) is 5.49. The molecule has 1 N–H and O–H groups in total. The van der Waals surface area contributed by atoms with Crippen LogP contribution in [0.1, 0.15) is 10.4 Å². The van der Waals surface area contributed by atoms with Crippen LogP contribution >= 0.6 is 35.2 Å². The van der Waals surface area contributed by atoms with Gasteiger partial charge in [0.15, 0.2) is 16.6 Å². The monoisotopic (exact) mass is 409 g/mol. The minimum Gasteiger partial charge on any atom is -0.454 e. The SMILES string of the molecule is S=C(NCc1ccc2c(c1)OCO2)N1CCN(Cc2ccc(Cl)s2)CC1. The van der Waals surface area contributed by atoms with Gasteiger partial charge in [-0.3, -0.25) is 4.90 Å². The zero-order valence-corrected chi connectivity index (χ0v) is 16.6. The Bertz CT molecular complexity index is 790. The molecule has 0 saturated carbocycles. The quantitative estimate of drug-likeness (QED) is 0.781. The predicted octanol–water partition coefficient (Wildman–Crippen LogP) is 3.32. The van der Waals surface area contributed by atoms with E-state index in [0.29, 0.717) is 13.3 Å². The predicted molar refractivity (Wildman–Crippen MR) is 108 cm³/mol. The van der Waals surface area contributed by atoms with E-state index in [1.807, 2.05) is 24.3 Å². The van der Waals surface area contributed by atoms with Gasteiger partial charge in [0.1, 0.15) is 0 Å². The first kappa shape index (κ1) is 17.9. The molecule has 0 atom stereocenters. The van der Waals surface area contributed by atoms with Crippen LogP contribution in [-0.4, -0.2) is 47.9 Å². The molecule has 0 spiro atoms. The van der Waals surface area contributed by atoms with Crippen molar-refractivity contribution in [2.75, 3.05) is 33.0 Å². The highest BCUT2D eigenvalue weighted by atomic mass is 35.5. The first-order chi connectivity index (χ1) is 12.7. The molecule has 1 aromatic carbocycles. The Morgan fingerprint density at radius 2 is 1.92 bits per heavy atom. The van der Waals surface area contributed by atoms with Crippen LogP contribution in [0.2, 0.25) is 4.34 Å². The summed E-state index contributed by atoms with van der Waals surface area (Å²) in [7, 11) is 0. The molecule has 2 aliphatic rings. The molecule has 0 bridgehead atoms. The molecular formula is C18H20ClN3O2S2. The Morgan fingerprint density at radius 3 is 2.69 bits per heavy atom. The Balaban J connectivity index is 1.23. The third-order valence-corrected chi connectivity index (χ3v) is 6.17. The second-order valence-electron chi connectivity index (χ2n) is 6.32. The van der Waals surface area contributed by atoms with Crippen LogP contribution in [0.5, 0.6) is 11.5 Å². The van der Waals surface area contributed by atoms with E-state index in [4.69, 9.17) is 33.3 Å². The molecule has 3 heterocycles. The van der Waals surface area contributed by atoms with Gasteiger partial charge in [-0.05, 0) is 42.0 Å². The molecule has 0 amide bonds. The number of fused-ring (bicyclic) bond motifs is 1. The molecule has 1 fully saturated rings.